The van der Waals surface area contributed by atoms with Gasteiger partial charge in [0.25, 0.3) is 5.91 Å². The summed E-state index contributed by atoms with van der Waals surface area (Å²) < 4.78 is 7.52. The Labute approximate surface area is 217 Å². The number of para-hydroxylation sites is 1. The van der Waals surface area contributed by atoms with Crippen LogP contribution in [0, 0.1) is 6.92 Å². The summed E-state index contributed by atoms with van der Waals surface area (Å²) in [5, 5.41) is 7.86. The molecule has 1 unspecified atom stereocenters. The van der Waals surface area contributed by atoms with Crippen molar-refractivity contribution in [3.63, 3.8) is 0 Å². The van der Waals surface area contributed by atoms with Gasteiger partial charge in [0.15, 0.2) is 5.76 Å². The van der Waals surface area contributed by atoms with Crippen LogP contribution >= 0.6 is 0 Å². The average Bonchev–Trinajstić information content (AvgIpc) is 3.57. The number of benzene rings is 2. The molecule has 1 aliphatic rings. The van der Waals surface area contributed by atoms with Crippen LogP contribution in [0.5, 0.6) is 0 Å². The van der Waals surface area contributed by atoms with Crippen molar-refractivity contribution in [2.75, 3.05) is 13.1 Å². The number of aromatic nitrogens is 2. The monoisotopic (exact) mass is 496 g/mol. The van der Waals surface area contributed by atoms with E-state index < -0.39 is 0 Å². The predicted octanol–water partition coefficient (Wildman–Crippen LogP) is 5.36. The van der Waals surface area contributed by atoms with E-state index >= 15 is 0 Å². The van der Waals surface area contributed by atoms with Crippen molar-refractivity contribution in [3.8, 4) is 17.1 Å². The van der Waals surface area contributed by atoms with Crippen molar-refractivity contribution >= 4 is 11.8 Å². The minimum absolute atomic E-state index is 0.0142. The van der Waals surface area contributed by atoms with Gasteiger partial charge in [-0.05, 0) is 56.0 Å². The van der Waals surface area contributed by atoms with Gasteiger partial charge >= 0.3 is 0 Å². The smallest absolute Gasteiger partial charge is 0.255 e. The lowest BCUT2D eigenvalue weighted by atomic mass is 9.93. The second-order valence-corrected chi connectivity index (χ2v) is 9.53. The minimum Gasteiger partial charge on any atom is -0.460 e. The molecule has 37 heavy (non-hydrogen) atoms. The van der Waals surface area contributed by atoms with E-state index in [1.54, 1.807) is 10.9 Å². The number of likely N-dealkylation sites (tertiary alicyclic amines) is 1. The van der Waals surface area contributed by atoms with Gasteiger partial charge in [-0.1, -0.05) is 55.5 Å². The molecule has 1 saturated heterocycles. The summed E-state index contributed by atoms with van der Waals surface area (Å²) in [6.45, 7) is 5.17. The van der Waals surface area contributed by atoms with Crippen molar-refractivity contribution in [2.45, 2.75) is 45.1 Å². The van der Waals surface area contributed by atoms with Gasteiger partial charge < -0.3 is 14.6 Å². The van der Waals surface area contributed by atoms with Gasteiger partial charge in [0.2, 0.25) is 5.91 Å². The van der Waals surface area contributed by atoms with Crippen LogP contribution in [0.2, 0.25) is 0 Å². The van der Waals surface area contributed by atoms with E-state index in [1.165, 1.54) is 0 Å². The van der Waals surface area contributed by atoms with Crippen molar-refractivity contribution < 1.29 is 14.0 Å². The summed E-state index contributed by atoms with van der Waals surface area (Å²) in [5.41, 5.74) is 2.89. The van der Waals surface area contributed by atoms with E-state index in [9.17, 15) is 9.59 Å². The van der Waals surface area contributed by atoms with Crippen molar-refractivity contribution in [1.29, 1.82) is 0 Å². The number of amides is 2. The molecule has 0 radical (unpaired) electrons. The van der Waals surface area contributed by atoms with Crippen molar-refractivity contribution in [2.24, 2.45) is 0 Å². The number of rotatable bonds is 7. The van der Waals surface area contributed by atoms with E-state index in [0.29, 0.717) is 42.9 Å². The topological polar surface area (TPSA) is 80.4 Å². The molecule has 3 heterocycles. The zero-order valence-corrected chi connectivity index (χ0v) is 21.3. The SMILES string of the molecule is CCC(C(=O)N1CCC(NC(=O)c2cn(-c3ccccc3)nc2-c2ccc(C)o2)CC1)c1ccccc1. The maximum atomic E-state index is 13.4. The van der Waals surface area contributed by atoms with Gasteiger partial charge in [-0.15, -0.1) is 0 Å². The molecule has 7 heteroatoms. The molecule has 2 aromatic heterocycles. The minimum atomic E-state index is -0.188. The summed E-state index contributed by atoms with van der Waals surface area (Å²) in [6.07, 6.45) is 3.94. The highest BCUT2D eigenvalue weighted by atomic mass is 16.3. The Morgan fingerprint density at radius 2 is 1.68 bits per heavy atom. The summed E-state index contributed by atoms with van der Waals surface area (Å²) in [5.74, 6) is 1.16. The first kappa shape index (κ1) is 24.6. The Kier molecular flexibility index (Phi) is 7.21. The second kappa shape index (κ2) is 10.9. The number of hydrogen-bond acceptors (Lipinski definition) is 4. The van der Waals surface area contributed by atoms with Gasteiger partial charge in [0.05, 0.1) is 17.2 Å². The van der Waals surface area contributed by atoms with Crippen LogP contribution < -0.4 is 5.32 Å². The van der Waals surface area contributed by atoms with Crippen LogP contribution in [0.3, 0.4) is 0 Å². The molecule has 7 nitrogen and oxygen atoms in total. The van der Waals surface area contributed by atoms with E-state index in [2.05, 4.69) is 17.3 Å². The number of carbonyl (C=O) groups excluding carboxylic acids is 2. The number of aryl methyl sites for hydroxylation is 1. The van der Waals surface area contributed by atoms with E-state index in [1.807, 2.05) is 84.6 Å². The Hall–Kier alpha value is -4.13. The normalized spacial score (nSPS) is 14.9. The Bertz CT molecular complexity index is 1350. The molecular formula is C30H32N4O3. The first-order valence-electron chi connectivity index (χ1n) is 12.9. The average molecular weight is 497 g/mol. The largest absolute Gasteiger partial charge is 0.460 e. The third kappa shape index (κ3) is 5.35. The Morgan fingerprint density at radius 3 is 2.30 bits per heavy atom. The maximum absolute atomic E-state index is 13.4. The van der Waals surface area contributed by atoms with Gasteiger partial charge in [-0.2, -0.15) is 5.10 Å². The van der Waals surface area contributed by atoms with Crippen LogP contribution in [-0.2, 0) is 4.79 Å². The summed E-state index contributed by atoms with van der Waals surface area (Å²) in [4.78, 5) is 28.6. The molecule has 4 aromatic rings. The first-order chi connectivity index (χ1) is 18.0. The number of furan rings is 1. The predicted molar refractivity (Wildman–Crippen MR) is 143 cm³/mol. The number of carbonyl (C=O) groups is 2. The van der Waals surface area contributed by atoms with Crippen LogP contribution in [0.4, 0.5) is 0 Å². The summed E-state index contributed by atoms with van der Waals surface area (Å²) >= 11 is 0. The molecule has 0 spiro atoms. The number of nitrogens with zero attached hydrogens (tertiary/aromatic N) is 3. The number of hydrogen-bond donors (Lipinski definition) is 1. The van der Waals surface area contributed by atoms with Crippen LogP contribution in [0.1, 0.15) is 53.8 Å². The van der Waals surface area contributed by atoms with E-state index in [-0.39, 0.29) is 23.8 Å². The highest BCUT2D eigenvalue weighted by molar-refractivity contribution is 5.99. The zero-order valence-electron chi connectivity index (χ0n) is 21.3. The van der Waals surface area contributed by atoms with Gasteiger partial charge in [0, 0.05) is 25.3 Å². The highest BCUT2D eigenvalue weighted by Gasteiger charge is 2.30. The van der Waals surface area contributed by atoms with Gasteiger partial charge in [-0.3, -0.25) is 9.59 Å². The molecule has 0 bridgehead atoms. The Morgan fingerprint density at radius 1 is 1.00 bits per heavy atom. The van der Waals surface area contributed by atoms with Gasteiger partial charge in [-0.25, -0.2) is 4.68 Å². The fourth-order valence-corrected chi connectivity index (χ4v) is 4.96. The second-order valence-electron chi connectivity index (χ2n) is 9.53. The molecule has 5 rings (SSSR count). The first-order valence-corrected chi connectivity index (χ1v) is 12.9. The standard InChI is InChI=1S/C30H32N4O3/c1-3-25(22-10-6-4-7-11-22)30(36)33-18-16-23(17-19-33)31-29(35)26-20-34(24-12-8-5-9-13-24)32-28(26)27-15-14-21(2)37-27/h4-15,20,23,25H,3,16-19H2,1-2H3,(H,31,35). The third-order valence-electron chi connectivity index (χ3n) is 7.00. The zero-order chi connectivity index (χ0) is 25.8. The third-order valence-corrected chi connectivity index (χ3v) is 7.00. The Balaban J connectivity index is 1.28. The highest BCUT2D eigenvalue weighted by Crippen LogP contribution is 2.27. The fourth-order valence-electron chi connectivity index (χ4n) is 4.96. The quantitative estimate of drug-likeness (QED) is 0.374. The lowest BCUT2D eigenvalue weighted by Gasteiger charge is -2.34. The fraction of sp³-hybridized carbons (Fsp3) is 0.300. The molecule has 0 saturated carbocycles. The van der Waals surface area contributed by atoms with Crippen LogP contribution in [0.15, 0.2) is 83.4 Å². The summed E-state index contributed by atoms with van der Waals surface area (Å²) in [6, 6.07) is 23.3. The molecule has 0 aliphatic carbocycles. The van der Waals surface area contributed by atoms with E-state index in [4.69, 9.17) is 4.42 Å². The molecule has 1 N–H and O–H groups in total. The van der Waals surface area contributed by atoms with Crippen molar-refractivity contribution in [1.82, 2.24) is 20.0 Å². The number of nitrogens with one attached hydrogen (secondary N) is 1. The molecule has 1 atom stereocenters. The van der Waals surface area contributed by atoms with Crippen LogP contribution in [0.25, 0.3) is 17.1 Å². The molecule has 2 aromatic carbocycles. The molecular weight excluding hydrogens is 464 g/mol. The lowest BCUT2D eigenvalue weighted by molar-refractivity contribution is -0.134. The molecule has 190 valence electrons. The molecule has 1 fully saturated rings. The maximum Gasteiger partial charge on any atom is 0.255 e. The molecule has 1 aliphatic heterocycles. The number of piperidine rings is 1. The lowest BCUT2D eigenvalue weighted by Crippen LogP contribution is -2.47. The van der Waals surface area contributed by atoms with Gasteiger partial charge in [0.1, 0.15) is 11.5 Å². The summed E-state index contributed by atoms with van der Waals surface area (Å²) in [7, 11) is 0. The van der Waals surface area contributed by atoms with Crippen LogP contribution in [-0.4, -0.2) is 45.6 Å². The molecule has 2 amide bonds. The van der Waals surface area contributed by atoms with Crippen molar-refractivity contribution in [3.05, 3.63) is 95.9 Å². The van der Waals surface area contributed by atoms with E-state index in [0.717, 1.165) is 23.4 Å².